The van der Waals surface area contributed by atoms with Gasteiger partial charge in [0.05, 0.1) is 11.1 Å². The molecule has 0 aliphatic rings. The van der Waals surface area contributed by atoms with Crippen LogP contribution in [0.3, 0.4) is 0 Å². The van der Waals surface area contributed by atoms with E-state index in [1.807, 2.05) is 19.1 Å². The highest BCUT2D eigenvalue weighted by Crippen LogP contribution is 2.27. The van der Waals surface area contributed by atoms with Gasteiger partial charge < -0.3 is 14.6 Å². The Bertz CT molecular complexity index is 1300. The molecule has 3 heterocycles. The number of hydrogen-bond donors (Lipinski definition) is 2. The van der Waals surface area contributed by atoms with Gasteiger partial charge in [0.25, 0.3) is 0 Å². The maximum atomic E-state index is 13.0. The monoisotopic (exact) mass is 463 g/mol. The number of benzene rings is 1. The number of ether oxygens (including phenoxy) is 2. The van der Waals surface area contributed by atoms with E-state index in [9.17, 15) is 14.3 Å². The maximum absolute atomic E-state index is 13.0. The Hall–Kier alpha value is -4.34. The molecule has 0 saturated carbocycles. The quantitative estimate of drug-likeness (QED) is 0.387. The lowest BCUT2D eigenvalue weighted by atomic mass is 9.95. The van der Waals surface area contributed by atoms with E-state index in [1.165, 1.54) is 24.3 Å². The van der Waals surface area contributed by atoms with E-state index < -0.39 is 11.4 Å². The molecule has 0 atom stereocenters. The zero-order chi connectivity index (χ0) is 24.3. The summed E-state index contributed by atoms with van der Waals surface area (Å²) in [6.07, 6.45) is 3.29. The summed E-state index contributed by atoms with van der Waals surface area (Å²) in [5.74, 6) is -0.0596. The van der Waals surface area contributed by atoms with Crippen molar-refractivity contribution in [2.24, 2.45) is 5.41 Å². The molecule has 10 heteroatoms. The van der Waals surface area contributed by atoms with E-state index in [2.05, 4.69) is 25.1 Å². The number of hydrogen-bond acceptors (Lipinski definition) is 7. The summed E-state index contributed by atoms with van der Waals surface area (Å²) in [6.45, 7) is 5.09. The number of carboxylic acids is 1. The maximum Gasteiger partial charge on any atom is 0.341 e. The molecule has 1 aromatic carbocycles. The first-order valence-electron chi connectivity index (χ1n) is 10.4. The number of H-pyrrole nitrogens is 1. The Labute approximate surface area is 194 Å². The summed E-state index contributed by atoms with van der Waals surface area (Å²) in [5, 5.41) is 16.0. The molecule has 0 unspecified atom stereocenters. The molecule has 0 aliphatic heterocycles. The van der Waals surface area contributed by atoms with Crippen LogP contribution >= 0.6 is 0 Å². The summed E-state index contributed by atoms with van der Waals surface area (Å²) >= 11 is 0. The molecule has 0 bridgehead atoms. The largest absolute Gasteiger partial charge is 0.481 e. The summed E-state index contributed by atoms with van der Waals surface area (Å²) in [6, 6.07) is 11.1. The molecule has 0 radical (unpaired) electrons. The van der Waals surface area contributed by atoms with Gasteiger partial charge in [-0.15, -0.1) is 5.10 Å². The van der Waals surface area contributed by atoms with Crippen LogP contribution in [0.2, 0.25) is 0 Å². The first kappa shape index (κ1) is 22.8. The van der Waals surface area contributed by atoms with Crippen LogP contribution in [0.4, 0.5) is 4.39 Å². The van der Waals surface area contributed by atoms with Crippen LogP contribution in [0.15, 0.2) is 54.9 Å². The number of carbonyl (C=O) groups is 1. The van der Waals surface area contributed by atoms with Gasteiger partial charge in [-0.25, -0.2) is 9.37 Å². The van der Waals surface area contributed by atoms with Crippen molar-refractivity contribution >= 4 is 5.97 Å². The molecule has 3 aromatic heterocycles. The summed E-state index contributed by atoms with van der Waals surface area (Å²) in [4.78, 5) is 24.3. The smallest absolute Gasteiger partial charge is 0.341 e. The normalized spacial score (nSPS) is 11.3. The zero-order valence-electron chi connectivity index (χ0n) is 18.7. The van der Waals surface area contributed by atoms with E-state index in [-0.39, 0.29) is 18.4 Å². The van der Waals surface area contributed by atoms with E-state index in [0.717, 1.165) is 11.1 Å². The number of carboxylic acid groups (broad SMARTS) is 1. The third-order valence-electron chi connectivity index (χ3n) is 5.05. The van der Waals surface area contributed by atoms with E-state index in [4.69, 9.17) is 9.47 Å². The Morgan fingerprint density at radius 2 is 1.88 bits per heavy atom. The molecule has 0 aliphatic carbocycles. The van der Waals surface area contributed by atoms with Gasteiger partial charge in [-0.3, -0.25) is 14.9 Å². The Morgan fingerprint density at radius 3 is 2.53 bits per heavy atom. The van der Waals surface area contributed by atoms with Crippen molar-refractivity contribution in [1.82, 2.24) is 25.1 Å². The highest BCUT2D eigenvalue weighted by Gasteiger charge is 2.28. The number of pyridine rings is 2. The number of aryl methyl sites for hydroxylation is 1. The lowest BCUT2D eigenvalue weighted by Crippen LogP contribution is -2.30. The topological polar surface area (TPSA) is 123 Å². The Balaban J connectivity index is 1.45. The number of aliphatic carboxylic acids is 1. The summed E-state index contributed by atoms with van der Waals surface area (Å²) < 4.78 is 24.1. The second-order valence-corrected chi connectivity index (χ2v) is 8.27. The minimum absolute atomic E-state index is 0.00507. The highest BCUT2D eigenvalue weighted by molar-refractivity contribution is 5.73. The van der Waals surface area contributed by atoms with Crippen molar-refractivity contribution < 1.29 is 23.8 Å². The van der Waals surface area contributed by atoms with Crippen LogP contribution in [-0.4, -0.2) is 42.8 Å². The number of nitrogens with zero attached hydrogens (tertiary/aromatic N) is 4. The Morgan fingerprint density at radius 1 is 1.12 bits per heavy atom. The number of aromatic nitrogens is 5. The van der Waals surface area contributed by atoms with Crippen molar-refractivity contribution in [3.63, 3.8) is 0 Å². The number of aromatic amines is 1. The molecule has 2 N–H and O–H groups in total. The minimum Gasteiger partial charge on any atom is -0.481 e. The van der Waals surface area contributed by atoms with Crippen LogP contribution in [0.5, 0.6) is 17.6 Å². The molecule has 0 amide bonds. The molecule has 0 spiro atoms. The minimum atomic E-state index is -1.02. The fourth-order valence-corrected chi connectivity index (χ4v) is 2.92. The van der Waals surface area contributed by atoms with Gasteiger partial charge in [0.1, 0.15) is 18.2 Å². The van der Waals surface area contributed by atoms with Crippen molar-refractivity contribution in [3.05, 3.63) is 66.2 Å². The first-order chi connectivity index (χ1) is 16.2. The third kappa shape index (κ3) is 5.17. The van der Waals surface area contributed by atoms with Gasteiger partial charge in [0.2, 0.25) is 5.88 Å². The van der Waals surface area contributed by atoms with Crippen LogP contribution < -0.4 is 9.47 Å². The van der Waals surface area contributed by atoms with Crippen LogP contribution in [0.25, 0.3) is 22.6 Å². The SMILES string of the molecule is Cc1cc(OCC(C)(C)C(=O)O)ncc1-c1ccc(-c2nc(Oc3ccc(F)cc3)n[nH]2)cn1. The predicted octanol–water partition coefficient (Wildman–Crippen LogP) is 4.66. The second-order valence-electron chi connectivity index (χ2n) is 8.27. The van der Waals surface area contributed by atoms with Crippen LogP contribution in [0.1, 0.15) is 19.4 Å². The molecular formula is C24H22FN5O4. The number of nitrogens with one attached hydrogen (secondary N) is 1. The summed E-state index contributed by atoms with van der Waals surface area (Å²) in [5.41, 5.74) is 2.08. The van der Waals surface area contributed by atoms with Crippen LogP contribution in [0, 0.1) is 18.2 Å². The third-order valence-corrected chi connectivity index (χ3v) is 5.05. The fraction of sp³-hybridized carbons (Fsp3) is 0.208. The van der Waals surface area contributed by atoms with Crippen LogP contribution in [-0.2, 0) is 4.79 Å². The van der Waals surface area contributed by atoms with E-state index in [0.29, 0.717) is 28.7 Å². The van der Waals surface area contributed by atoms with Crippen molar-refractivity contribution in [1.29, 1.82) is 0 Å². The van der Waals surface area contributed by atoms with Gasteiger partial charge >= 0.3 is 12.0 Å². The molecule has 4 aromatic rings. The number of halogens is 1. The molecule has 4 rings (SSSR count). The first-order valence-corrected chi connectivity index (χ1v) is 10.4. The average Bonchev–Trinajstić information content (AvgIpc) is 3.28. The predicted molar refractivity (Wildman–Crippen MR) is 121 cm³/mol. The van der Waals surface area contributed by atoms with Gasteiger partial charge in [0, 0.05) is 29.6 Å². The van der Waals surface area contributed by atoms with Gasteiger partial charge in [-0.1, -0.05) is 0 Å². The zero-order valence-corrected chi connectivity index (χ0v) is 18.7. The standard InChI is InChI=1S/C24H22FN5O4/c1-14-10-20(33-13-24(2,3)22(31)32)27-12-18(14)19-9-4-15(11-26-19)21-28-23(30-29-21)34-17-7-5-16(25)6-8-17/h4-12H,13H2,1-3H3,(H,31,32)(H,28,29,30). The highest BCUT2D eigenvalue weighted by atomic mass is 19.1. The average molecular weight is 463 g/mol. The fourth-order valence-electron chi connectivity index (χ4n) is 2.92. The van der Waals surface area contributed by atoms with Crippen molar-refractivity contribution in [2.45, 2.75) is 20.8 Å². The lowest BCUT2D eigenvalue weighted by molar-refractivity contribution is -0.148. The summed E-state index contributed by atoms with van der Waals surface area (Å²) in [7, 11) is 0. The van der Waals surface area contributed by atoms with Gasteiger partial charge in [-0.2, -0.15) is 4.98 Å². The van der Waals surface area contributed by atoms with Gasteiger partial charge in [0.15, 0.2) is 5.82 Å². The molecule has 9 nitrogen and oxygen atoms in total. The molecular weight excluding hydrogens is 441 g/mol. The lowest BCUT2D eigenvalue weighted by Gasteiger charge is -2.19. The molecule has 174 valence electrons. The second kappa shape index (κ2) is 9.26. The van der Waals surface area contributed by atoms with E-state index >= 15 is 0 Å². The van der Waals surface area contributed by atoms with Crippen molar-refractivity contribution in [2.75, 3.05) is 6.61 Å². The number of rotatable bonds is 8. The molecule has 34 heavy (non-hydrogen) atoms. The Kier molecular flexibility index (Phi) is 6.22. The molecule has 0 fully saturated rings. The van der Waals surface area contributed by atoms with E-state index in [1.54, 1.807) is 32.3 Å². The van der Waals surface area contributed by atoms with Crippen molar-refractivity contribution in [3.8, 4) is 40.3 Å². The van der Waals surface area contributed by atoms with Gasteiger partial charge in [-0.05, 0) is 62.7 Å². The molecule has 0 saturated heterocycles.